The fourth-order valence-corrected chi connectivity index (χ4v) is 1.57. The van der Waals surface area contributed by atoms with E-state index in [4.69, 9.17) is 4.55 Å². The van der Waals surface area contributed by atoms with Crippen molar-refractivity contribution in [3.05, 3.63) is 35.0 Å². The van der Waals surface area contributed by atoms with Crippen molar-refractivity contribution in [2.75, 3.05) is 0 Å². The highest BCUT2D eigenvalue weighted by Gasteiger charge is 2.13. The first-order valence-electron chi connectivity index (χ1n) is 3.33. The van der Waals surface area contributed by atoms with Gasteiger partial charge in [0.15, 0.2) is 6.21 Å². The summed E-state index contributed by atoms with van der Waals surface area (Å²) in [6.07, 6.45) is 0.948. The number of nitrogens with one attached hydrogen (secondary N) is 1. The van der Waals surface area contributed by atoms with Crippen LogP contribution in [-0.2, 0) is 10.1 Å². The lowest BCUT2D eigenvalue weighted by Crippen LogP contribution is -2.60. The van der Waals surface area contributed by atoms with Gasteiger partial charge in [-0.1, -0.05) is 12.1 Å². The van der Waals surface area contributed by atoms with Crippen LogP contribution in [0.3, 0.4) is 0 Å². The molecule has 0 aliphatic rings. The van der Waals surface area contributed by atoms with E-state index in [9.17, 15) is 13.6 Å². The van der Waals surface area contributed by atoms with Crippen molar-refractivity contribution in [2.24, 2.45) is 0 Å². The van der Waals surface area contributed by atoms with E-state index in [0.717, 1.165) is 6.21 Å². The molecule has 70 valence electrons. The number of rotatable bonds is 2. The van der Waals surface area contributed by atoms with Crippen LogP contribution in [0.5, 0.6) is 0 Å². The molecule has 0 aliphatic heterocycles. The van der Waals surface area contributed by atoms with Gasteiger partial charge in [-0.05, 0) is 12.1 Å². The Kier molecular flexibility index (Phi) is 2.64. The van der Waals surface area contributed by atoms with E-state index in [2.05, 4.69) is 0 Å². The molecule has 0 fully saturated rings. The highest BCUT2D eigenvalue weighted by molar-refractivity contribution is 7.86. The number of hydrogen-bond acceptors (Lipinski definition) is 3. The Balaban J connectivity index is 3.37. The third-order valence-electron chi connectivity index (χ3n) is 1.41. The largest absolute Gasteiger partial charge is 0.625 e. The highest BCUT2D eigenvalue weighted by Crippen LogP contribution is 2.11. The van der Waals surface area contributed by atoms with Crippen molar-refractivity contribution in [1.82, 2.24) is 0 Å². The van der Waals surface area contributed by atoms with Crippen molar-refractivity contribution in [1.29, 1.82) is 0 Å². The molecule has 0 heterocycles. The smallest absolute Gasteiger partial charge is 0.295 e. The Bertz CT molecular complexity index is 424. The normalized spacial score (nSPS) is 12.1. The molecule has 0 amide bonds. The van der Waals surface area contributed by atoms with Gasteiger partial charge in [0.25, 0.3) is 10.1 Å². The molecule has 0 unspecified atom stereocenters. The van der Waals surface area contributed by atoms with Gasteiger partial charge in [0.1, 0.15) is 4.90 Å². The van der Waals surface area contributed by atoms with Gasteiger partial charge in [0.2, 0.25) is 0 Å². The highest BCUT2D eigenvalue weighted by atomic mass is 32.2. The predicted molar refractivity (Wildman–Crippen MR) is 45.8 cm³/mol. The van der Waals surface area contributed by atoms with Crippen molar-refractivity contribution in [3.8, 4) is 0 Å². The third kappa shape index (κ3) is 2.27. The first-order valence-corrected chi connectivity index (χ1v) is 4.77. The molecule has 13 heavy (non-hydrogen) atoms. The summed E-state index contributed by atoms with van der Waals surface area (Å²) in [5.41, 5.74) is 0.125. The summed E-state index contributed by atoms with van der Waals surface area (Å²) in [6.45, 7) is 0. The number of benzene rings is 1. The van der Waals surface area contributed by atoms with Crippen LogP contribution >= 0.6 is 0 Å². The topological polar surface area (TPSA) is 91.4 Å². The molecule has 1 aromatic rings. The minimum absolute atomic E-state index is 0.125. The summed E-state index contributed by atoms with van der Waals surface area (Å²) in [4.78, 5) is -0.293. The average Bonchev–Trinajstić information content (AvgIpc) is 2.04. The average molecular weight is 201 g/mol. The van der Waals surface area contributed by atoms with Gasteiger partial charge in [-0.3, -0.25) is 4.55 Å². The molecule has 0 saturated carbocycles. The first-order chi connectivity index (χ1) is 6.05. The van der Waals surface area contributed by atoms with Gasteiger partial charge >= 0.3 is 0 Å². The van der Waals surface area contributed by atoms with Crippen LogP contribution in [0.2, 0.25) is 0 Å². The van der Waals surface area contributed by atoms with Gasteiger partial charge < -0.3 is 5.21 Å². The second-order valence-corrected chi connectivity index (χ2v) is 3.67. The van der Waals surface area contributed by atoms with Crippen molar-refractivity contribution >= 4 is 16.3 Å². The molecule has 1 aromatic carbocycles. The van der Waals surface area contributed by atoms with Crippen LogP contribution in [0.4, 0.5) is 0 Å². The van der Waals surface area contributed by atoms with E-state index in [0.29, 0.717) is 0 Å². The van der Waals surface area contributed by atoms with Gasteiger partial charge in [0.05, 0.1) is 5.56 Å². The fourth-order valence-electron chi connectivity index (χ4n) is 0.898. The van der Waals surface area contributed by atoms with Crippen LogP contribution in [0, 0.1) is 5.21 Å². The zero-order valence-electron chi connectivity index (χ0n) is 6.47. The van der Waals surface area contributed by atoms with Gasteiger partial charge in [-0.15, -0.1) is 0 Å². The third-order valence-corrected chi connectivity index (χ3v) is 2.34. The summed E-state index contributed by atoms with van der Waals surface area (Å²) in [5.74, 6) is 0. The van der Waals surface area contributed by atoms with E-state index < -0.39 is 10.1 Å². The van der Waals surface area contributed by atoms with E-state index in [1.165, 1.54) is 23.4 Å². The predicted octanol–water partition coefficient (Wildman–Crippen LogP) is -1.07. The molecule has 5 nitrogen and oxygen atoms in total. The maximum Gasteiger partial charge on any atom is 0.295 e. The zero-order valence-corrected chi connectivity index (χ0v) is 7.28. The van der Waals surface area contributed by atoms with E-state index in [1.807, 2.05) is 0 Å². The Morgan fingerprint density at radius 3 is 2.54 bits per heavy atom. The molecule has 2 N–H and O–H groups in total. The van der Waals surface area contributed by atoms with E-state index >= 15 is 0 Å². The Hall–Kier alpha value is -1.40. The maximum absolute atomic E-state index is 10.7. The van der Waals surface area contributed by atoms with E-state index in [-0.39, 0.29) is 10.5 Å². The van der Waals surface area contributed by atoms with E-state index in [1.54, 1.807) is 6.07 Å². The Labute approximate surface area is 75.1 Å². The zero-order chi connectivity index (χ0) is 9.90. The van der Waals surface area contributed by atoms with Crippen molar-refractivity contribution < 1.29 is 18.1 Å². The van der Waals surface area contributed by atoms with Gasteiger partial charge in [-0.25, -0.2) is 5.16 Å². The molecule has 0 radical (unpaired) electrons. The SMILES string of the molecule is O=S(=O)(O)c1ccccc1C=[NH+][O-]. The van der Waals surface area contributed by atoms with Gasteiger partial charge in [-0.2, -0.15) is 8.42 Å². The maximum atomic E-state index is 10.7. The first kappa shape index (κ1) is 9.69. The van der Waals surface area contributed by atoms with Crippen LogP contribution in [-0.4, -0.2) is 19.2 Å². The minimum Gasteiger partial charge on any atom is -0.625 e. The second-order valence-electron chi connectivity index (χ2n) is 2.28. The standard InChI is InChI=1S/C7H7NO4S/c9-8-5-6-3-1-2-4-7(6)13(10,11)12/h1-5,8H,(H-,9,10,11,12). The van der Waals surface area contributed by atoms with Crippen molar-refractivity contribution in [3.63, 3.8) is 0 Å². The molecule has 0 aromatic heterocycles. The minimum atomic E-state index is -4.27. The molecule has 0 bridgehead atoms. The fraction of sp³-hybridized carbons (Fsp3) is 0. The Morgan fingerprint density at radius 2 is 2.00 bits per heavy atom. The lowest BCUT2D eigenvalue weighted by Gasteiger charge is -1.98. The van der Waals surface area contributed by atoms with Crippen LogP contribution < -0.4 is 5.16 Å². The van der Waals surface area contributed by atoms with Crippen LogP contribution in [0.15, 0.2) is 29.2 Å². The summed E-state index contributed by atoms with van der Waals surface area (Å²) in [5, 5.41) is 11.4. The molecule has 0 atom stereocenters. The van der Waals surface area contributed by atoms with Crippen molar-refractivity contribution in [2.45, 2.75) is 4.90 Å². The quantitative estimate of drug-likeness (QED) is 0.276. The molecule has 6 heteroatoms. The summed E-state index contributed by atoms with van der Waals surface area (Å²) in [6, 6.07) is 5.61. The van der Waals surface area contributed by atoms with Crippen LogP contribution in [0.25, 0.3) is 0 Å². The van der Waals surface area contributed by atoms with Crippen LogP contribution in [0.1, 0.15) is 5.56 Å². The Morgan fingerprint density at radius 1 is 1.38 bits per heavy atom. The second kappa shape index (κ2) is 3.55. The molecule has 0 aliphatic carbocycles. The molecular formula is C7H7NO4S. The summed E-state index contributed by atoms with van der Waals surface area (Å²) < 4.78 is 30.2. The molecule has 1 rings (SSSR count). The molecule has 0 spiro atoms. The molecule has 0 saturated heterocycles. The van der Waals surface area contributed by atoms with Gasteiger partial charge in [0, 0.05) is 0 Å². The summed E-state index contributed by atoms with van der Waals surface area (Å²) in [7, 11) is -4.27. The summed E-state index contributed by atoms with van der Waals surface area (Å²) >= 11 is 0. The monoisotopic (exact) mass is 201 g/mol. The number of hydrogen-bond donors (Lipinski definition) is 2. The molecular weight excluding hydrogens is 194 g/mol. The lowest BCUT2D eigenvalue weighted by atomic mass is 10.2. The lowest BCUT2D eigenvalue weighted by molar-refractivity contribution is -0.366.